The summed E-state index contributed by atoms with van der Waals surface area (Å²) in [6, 6.07) is 51.5. The second-order valence-corrected chi connectivity index (χ2v) is 12.4. The third kappa shape index (κ3) is 6.62. The molecule has 1 aromatic heterocycles. The fourth-order valence-corrected chi connectivity index (χ4v) is 6.66. The van der Waals surface area contributed by atoms with Crippen molar-refractivity contribution < 1.29 is 17.9 Å². The van der Waals surface area contributed by atoms with Crippen LogP contribution in [0, 0.1) is 0 Å². The summed E-state index contributed by atoms with van der Waals surface area (Å²) in [6.07, 6.45) is -4.33. The van der Waals surface area contributed by atoms with E-state index in [4.69, 9.17) is 4.74 Å². The maximum atomic E-state index is 12.9. The van der Waals surface area contributed by atoms with E-state index in [1.807, 2.05) is 36.4 Å². The Kier molecular flexibility index (Phi) is 8.23. The Balaban J connectivity index is 1.01. The van der Waals surface area contributed by atoms with E-state index in [1.165, 1.54) is 33.7 Å². The Bertz CT molecular complexity index is 2090. The van der Waals surface area contributed by atoms with E-state index in [0.717, 1.165) is 61.7 Å². The standard InChI is InChI=1S/C42H29F3OS/c1-46-39-24-20-35(21-25-39)31-8-6-29(7-9-31)28-2-4-30(5-3-28)32-10-14-36(15-11-32)40-26-27-41(47-40)37-16-12-33(13-17-37)34-18-22-38(23-19-34)42(43,44)45/h2-27H,1H3. The number of alkyl halides is 3. The molecule has 0 fully saturated rings. The Morgan fingerprint density at radius 1 is 0.362 bits per heavy atom. The first-order chi connectivity index (χ1) is 22.8. The first-order valence-corrected chi connectivity index (χ1v) is 16.0. The number of hydrogen-bond donors (Lipinski definition) is 0. The van der Waals surface area contributed by atoms with Gasteiger partial charge in [0, 0.05) is 9.75 Å². The number of ether oxygens (including phenoxy) is 1. The van der Waals surface area contributed by atoms with Crippen LogP contribution in [0.5, 0.6) is 5.75 Å². The molecule has 7 rings (SSSR count). The summed E-state index contributed by atoms with van der Waals surface area (Å²) in [5.41, 5.74) is 10.2. The van der Waals surface area contributed by atoms with Crippen LogP contribution in [0.15, 0.2) is 158 Å². The summed E-state index contributed by atoms with van der Waals surface area (Å²) in [4.78, 5) is 2.31. The molecular weight excluding hydrogens is 610 g/mol. The second kappa shape index (κ2) is 12.8. The fourth-order valence-electron chi connectivity index (χ4n) is 5.65. The smallest absolute Gasteiger partial charge is 0.416 e. The molecule has 5 heteroatoms. The van der Waals surface area contributed by atoms with Crippen molar-refractivity contribution in [2.24, 2.45) is 0 Å². The normalized spacial score (nSPS) is 11.4. The summed E-state index contributed by atoms with van der Waals surface area (Å²) in [5.74, 6) is 0.850. The first kappa shape index (κ1) is 30.3. The average molecular weight is 639 g/mol. The summed E-state index contributed by atoms with van der Waals surface area (Å²) in [7, 11) is 1.67. The molecule has 0 spiro atoms. The van der Waals surface area contributed by atoms with Gasteiger partial charge in [0.15, 0.2) is 0 Å². The Morgan fingerprint density at radius 3 is 0.894 bits per heavy atom. The van der Waals surface area contributed by atoms with E-state index < -0.39 is 11.7 Å². The molecule has 0 radical (unpaired) electrons. The minimum Gasteiger partial charge on any atom is -0.497 e. The molecule has 0 N–H and O–H groups in total. The monoisotopic (exact) mass is 638 g/mol. The van der Waals surface area contributed by atoms with Crippen LogP contribution in [0.25, 0.3) is 65.4 Å². The Morgan fingerprint density at radius 2 is 0.617 bits per heavy atom. The van der Waals surface area contributed by atoms with Gasteiger partial charge in [-0.25, -0.2) is 0 Å². The molecule has 0 amide bonds. The molecule has 1 heterocycles. The highest BCUT2D eigenvalue weighted by molar-refractivity contribution is 7.18. The van der Waals surface area contributed by atoms with Crippen LogP contribution in [0.3, 0.4) is 0 Å². The number of methoxy groups -OCH3 is 1. The molecular formula is C42H29F3OS. The lowest BCUT2D eigenvalue weighted by Gasteiger charge is -2.08. The van der Waals surface area contributed by atoms with Crippen LogP contribution in [0.2, 0.25) is 0 Å². The van der Waals surface area contributed by atoms with E-state index in [9.17, 15) is 13.2 Å². The predicted molar refractivity (Wildman–Crippen MR) is 188 cm³/mol. The SMILES string of the molecule is COc1ccc(-c2ccc(-c3ccc(-c4ccc(-c5ccc(-c6ccc(-c7ccc(C(F)(F)F)cc7)cc6)s5)cc4)cc3)cc2)cc1. The number of hydrogen-bond acceptors (Lipinski definition) is 2. The van der Waals surface area contributed by atoms with Gasteiger partial charge >= 0.3 is 6.18 Å². The van der Waals surface area contributed by atoms with Gasteiger partial charge in [-0.15, -0.1) is 11.3 Å². The number of halogens is 3. The van der Waals surface area contributed by atoms with Crippen LogP contribution >= 0.6 is 11.3 Å². The molecule has 0 saturated carbocycles. The van der Waals surface area contributed by atoms with Crippen molar-refractivity contribution in [2.45, 2.75) is 6.18 Å². The molecule has 6 aromatic carbocycles. The zero-order valence-corrected chi connectivity index (χ0v) is 26.3. The maximum Gasteiger partial charge on any atom is 0.416 e. The van der Waals surface area contributed by atoms with Crippen molar-refractivity contribution in [1.29, 1.82) is 0 Å². The highest BCUT2D eigenvalue weighted by Gasteiger charge is 2.30. The molecule has 0 aliphatic carbocycles. The van der Waals surface area contributed by atoms with Crippen LogP contribution < -0.4 is 4.74 Å². The zero-order chi connectivity index (χ0) is 32.4. The number of benzene rings is 6. The third-order valence-electron chi connectivity index (χ3n) is 8.35. The first-order valence-electron chi connectivity index (χ1n) is 15.2. The average Bonchev–Trinajstić information content (AvgIpc) is 3.62. The van der Waals surface area contributed by atoms with Gasteiger partial charge in [-0.2, -0.15) is 13.2 Å². The van der Waals surface area contributed by atoms with E-state index in [1.54, 1.807) is 18.4 Å². The van der Waals surface area contributed by atoms with Crippen molar-refractivity contribution in [3.05, 3.63) is 163 Å². The molecule has 230 valence electrons. The minimum atomic E-state index is -4.33. The van der Waals surface area contributed by atoms with Crippen LogP contribution in [0.4, 0.5) is 13.2 Å². The lowest BCUT2D eigenvalue weighted by molar-refractivity contribution is -0.137. The van der Waals surface area contributed by atoms with E-state index in [0.29, 0.717) is 0 Å². The number of thiophene rings is 1. The van der Waals surface area contributed by atoms with Gasteiger partial charge in [-0.05, 0) is 92.0 Å². The minimum absolute atomic E-state index is 0.640. The van der Waals surface area contributed by atoms with Crippen LogP contribution in [0.1, 0.15) is 5.56 Å². The zero-order valence-electron chi connectivity index (χ0n) is 25.5. The van der Waals surface area contributed by atoms with Gasteiger partial charge in [-0.1, -0.05) is 121 Å². The highest BCUT2D eigenvalue weighted by atomic mass is 32.1. The van der Waals surface area contributed by atoms with Gasteiger partial charge in [0.25, 0.3) is 0 Å². The molecule has 47 heavy (non-hydrogen) atoms. The fraction of sp³-hybridized carbons (Fsp3) is 0.0476. The molecule has 0 unspecified atom stereocenters. The van der Waals surface area contributed by atoms with Crippen LogP contribution in [-0.4, -0.2) is 7.11 Å². The highest BCUT2D eigenvalue weighted by Crippen LogP contribution is 2.37. The van der Waals surface area contributed by atoms with E-state index in [-0.39, 0.29) is 0 Å². The van der Waals surface area contributed by atoms with Crippen molar-refractivity contribution >= 4 is 11.3 Å². The Hall–Kier alpha value is -5.39. The molecule has 0 saturated heterocycles. The largest absolute Gasteiger partial charge is 0.497 e. The predicted octanol–water partition coefficient (Wildman–Crippen LogP) is 12.8. The van der Waals surface area contributed by atoms with Gasteiger partial charge in [-0.3, -0.25) is 0 Å². The van der Waals surface area contributed by atoms with Gasteiger partial charge < -0.3 is 4.74 Å². The summed E-state index contributed by atoms with van der Waals surface area (Å²) < 4.78 is 44.0. The topological polar surface area (TPSA) is 9.23 Å². The summed E-state index contributed by atoms with van der Waals surface area (Å²) in [6.45, 7) is 0. The lowest BCUT2D eigenvalue weighted by atomic mass is 9.97. The summed E-state index contributed by atoms with van der Waals surface area (Å²) >= 11 is 1.72. The molecule has 1 nitrogen and oxygen atoms in total. The number of rotatable bonds is 7. The van der Waals surface area contributed by atoms with Crippen molar-refractivity contribution in [2.75, 3.05) is 7.11 Å². The maximum absolute atomic E-state index is 12.9. The van der Waals surface area contributed by atoms with Gasteiger partial charge in [0.1, 0.15) is 5.75 Å². The van der Waals surface area contributed by atoms with Crippen LogP contribution in [-0.2, 0) is 6.18 Å². The van der Waals surface area contributed by atoms with E-state index >= 15 is 0 Å². The molecule has 0 aliphatic rings. The lowest BCUT2D eigenvalue weighted by Crippen LogP contribution is -2.03. The van der Waals surface area contributed by atoms with Crippen molar-refractivity contribution in [1.82, 2.24) is 0 Å². The Labute approximate surface area is 276 Å². The van der Waals surface area contributed by atoms with Crippen molar-refractivity contribution in [3.63, 3.8) is 0 Å². The van der Waals surface area contributed by atoms with E-state index in [2.05, 4.69) is 97.1 Å². The molecule has 0 bridgehead atoms. The molecule has 0 aliphatic heterocycles. The molecule has 7 aromatic rings. The summed E-state index contributed by atoms with van der Waals surface area (Å²) in [5, 5.41) is 0. The molecule has 0 atom stereocenters. The van der Waals surface area contributed by atoms with Crippen molar-refractivity contribution in [3.8, 4) is 71.1 Å². The quantitative estimate of drug-likeness (QED) is 0.169. The van der Waals surface area contributed by atoms with Gasteiger partial charge in [0.2, 0.25) is 0 Å². The third-order valence-corrected chi connectivity index (χ3v) is 9.53. The van der Waals surface area contributed by atoms with Gasteiger partial charge in [0.05, 0.1) is 12.7 Å². The second-order valence-electron chi connectivity index (χ2n) is 11.3.